The predicted octanol–water partition coefficient (Wildman–Crippen LogP) is 1.99. The second kappa shape index (κ2) is 8.16. The smallest absolute Gasteiger partial charge is 0.410 e. The van der Waals surface area contributed by atoms with Crippen molar-refractivity contribution in [1.29, 1.82) is 0 Å². The molecule has 1 fully saturated rings. The summed E-state index contributed by atoms with van der Waals surface area (Å²) < 4.78 is 21.7. The topological polar surface area (TPSA) is 107 Å². The molecular weight excluding hydrogens is 406 g/mol. The number of nitrogens with zero attached hydrogens (tertiary/aromatic N) is 2. The molecule has 1 atom stereocenters. The number of carbonyl (C=O) groups is 3. The van der Waals surface area contributed by atoms with Crippen LogP contribution in [-0.2, 0) is 27.4 Å². The lowest BCUT2D eigenvalue weighted by atomic mass is 10.1. The first kappa shape index (κ1) is 21.1. The number of carbonyl (C=O) groups excluding carboxylic acids is 3. The van der Waals surface area contributed by atoms with Crippen LogP contribution in [0.15, 0.2) is 12.1 Å². The second-order valence-electron chi connectivity index (χ2n) is 8.78. The molecule has 1 aromatic carbocycles. The summed E-state index contributed by atoms with van der Waals surface area (Å²) in [5.41, 5.74) is 1.33. The normalized spacial score (nSPS) is 19.3. The molecule has 10 heteroatoms. The Morgan fingerprint density at radius 2 is 1.97 bits per heavy atom. The van der Waals surface area contributed by atoms with E-state index in [-0.39, 0.29) is 25.3 Å². The Kier molecular flexibility index (Phi) is 5.55. The minimum atomic E-state index is -0.641. The zero-order valence-electron chi connectivity index (χ0n) is 17.9. The fourth-order valence-corrected chi connectivity index (χ4v) is 3.82. The highest BCUT2D eigenvalue weighted by molar-refractivity contribution is 5.82. The van der Waals surface area contributed by atoms with Crippen molar-refractivity contribution in [1.82, 2.24) is 15.1 Å². The second-order valence-corrected chi connectivity index (χ2v) is 8.78. The van der Waals surface area contributed by atoms with Gasteiger partial charge in [0, 0.05) is 25.1 Å². The summed E-state index contributed by atoms with van der Waals surface area (Å²) in [7, 11) is 0. The summed E-state index contributed by atoms with van der Waals surface area (Å²) >= 11 is 0. The van der Waals surface area contributed by atoms with E-state index in [0.29, 0.717) is 44.1 Å². The number of alkyl carbamates (subject to hydrolysis) is 1. The number of ether oxygens (including phenoxy) is 4. The number of rotatable bonds is 3. The molecule has 10 nitrogen and oxygen atoms in total. The van der Waals surface area contributed by atoms with Crippen LogP contribution in [0.3, 0.4) is 0 Å². The van der Waals surface area contributed by atoms with E-state index in [1.807, 2.05) is 12.1 Å². The van der Waals surface area contributed by atoms with E-state index in [9.17, 15) is 14.4 Å². The lowest BCUT2D eigenvalue weighted by Gasteiger charge is -2.21. The molecule has 3 aliphatic heterocycles. The van der Waals surface area contributed by atoms with Gasteiger partial charge in [-0.15, -0.1) is 0 Å². The molecule has 0 saturated carbocycles. The van der Waals surface area contributed by atoms with Gasteiger partial charge in [-0.2, -0.15) is 0 Å². The number of hydrogen-bond donors (Lipinski definition) is 1. The van der Waals surface area contributed by atoms with Crippen molar-refractivity contribution in [3.05, 3.63) is 23.3 Å². The number of likely N-dealkylation sites (tertiary alicyclic amines) is 1. The van der Waals surface area contributed by atoms with Crippen LogP contribution < -0.4 is 14.8 Å². The van der Waals surface area contributed by atoms with Gasteiger partial charge in [0.1, 0.15) is 18.2 Å². The lowest BCUT2D eigenvalue weighted by Crippen LogP contribution is -2.41. The van der Waals surface area contributed by atoms with Crippen LogP contribution in [0.25, 0.3) is 0 Å². The van der Waals surface area contributed by atoms with Crippen molar-refractivity contribution in [3.8, 4) is 11.5 Å². The Morgan fingerprint density at radius 1 is 1.16 bits per heavy atom. The Morgan fingerprint density at radius 3 is 2.74 bits per heavy atom. The molecule has 1 aromatic rings. The van der Waals surface area contributed by atoms with Crippen LogP contribution in [0.5, 0.6) is 11.5 Å². The third-order valence-electron chi connectivity index (χ3n) is 5.26. The number of fused-ring (bicyclic) bond motifs is 3. The van der Waals surface area contributed by atoms with E-state index >= 15 is 0 Å². The van der Waals surface area contributed by atoms with Crippen LogP contribution >= 0.6 is 0 Å². The maximum atomic E-state index is 12.6. The first-order valence-corrected chi connectivity index (χ1v) is 10.3. The highest BCUT2D eigenvalue weighted by Gasteiger charge is 2.34. The molecular formula is C21H27N3O7. The Balaban J connectivity index is 1.24. The van der Waals surface area contributed by atoms with Crippen molar-refractivity contribution in [2.24, 2.45) is 0 Å². The largest absolute Gasteiger partial charge is 0.454 e. The van der Waals surface area contributed by atoms with Crippen molar-refractivity contribution in [3.63, 3.8) is 0 Å². The van der Waals surface area contributed by atoms with Gasteiger partial charge in [0.05, 0.1) is 13.1 Å². The molecule has 168 valence electrons. The van der Waals surface area contributed by atoms with Gasteiger partial charge in [-0.1, -0.05) is 6.07 Å². The zero-order valence-corrected chi connectivity index (χ0v) is 17.9. The summed E-state index contributed by atoms with van der Waals surface area (Å²) in [6, 6.07) is 3.78. The predicted molar refractivity (Wildman–Crippen MR) is 108 cm³/mol. The molecule has 3 heterocycles. The maximum Gasteiger partial charge on any atom is 0.410 e. The zero-order chi connectivity index (χ0) is 22.2. The van der Waals surface area contributed by atoms with Gasteiger partial charge in [0.25, 0.3) is 0 Å². The first-order valence-electron chi connectivity index (χ1n) is 10.3. The third-order valence-corrected chi connectivity index (χ3v) is 5.26. The molecule has 1 unspecified atom stereocenters. The molecule has 1 N–H and O–H groups in total. The van der Waals surface area contributed by atoms with Crippen LogP contribution in [-0.4, -0.2) is 66.0 Å². The average Bonchev–Trinajstić information content (AvgIpc) is 3.42. The van der Waals surface area contributed by atoms with Gasteiger partial charge in [-0.3, -0.25) is 9.69 Å². The first-order chi connectivity index (χ1) is 14.7. The average molecular weight is 433 g/mol. The van der Waals surface area contributed by atoms with Crippen molar-refractivity contribution in [2.75, 3.05) is 26.4 Å². The fourth-order valence-electron chi connectivity index (χ4n) is 3.82. The lowest BCUT2D eigenvalue weighted by molar-refractivity contribution is -0.129. The summed E-state index contributed by atoms with van der Waals surface area (Å²) in [5.74, 6) is 1.15. The van der Waals surface area contributed by atoms with Crippen LogP contribution in [0, 0.1) is 0 Å². The van der Waals surface area contributed by atoms with Crippen molar-refractivity contribution >= 4 is 18.1 Å². The quantitative estimate of drug-likeness (QED) is 0.777. The summed E-state index contributed by atoms with van der Waals surface area (Å²) in [6.07, 6.45) is -0.892. The summed E-state index contributed by atoms with van der Waals surface area (Å²) in [6.45, 7) is 6.88. The van der Waals surface area contributed by atoms with E-state index in [0.717, 1.165) is 11.1 Å². The van der Waals surface area contributed by atoms with Gasteiger partial charge in [0.15, 0.2) is 11.5 Å². The standard InChI is InChI=1S/C21H27N3O7/c1-21(2,3)31-19(26)22-8-17(25)23-7-6-14(10-23)30-20(27)24-9-13-4-5-16-18(15(13)11-24)29-12-28-16/h4-5,14H,6-12H2,1-3H3,(H,22,26). The highest BCUT2D eigenvalue weighted by atomic mass is 16.7. The summed E-state index contributed by atoms with van der Waals surface area (Å²) in [5, 5.41) is 2.46. The minimum absolute atomic E-state index is 0.163. The molecule has 0 bridgehead atoms. The maximum absolute atomic E-state index is 12.6. The molecule has 0 aliphatic carbocycles. The molecule has 1 saturated heterocycles. The van der Waals surface area contributed by atoms with Crippen LogP contribution in [0.2, 0.25) is 0 Å². The number of nitrogens with one attached hydrogen (secondary N) is 1. The van der Waals surface area contributed by atoms with Crippen molar-refractivity contribution < 1.29 is 33.3 Å². The Labute approximate surface area is 180 Å². The molecule has 4 rings (SSSR count). The highest BCUT2D eigenvalue weighted by Crippen LogP contribution is 2.41. The fraction of sp³-hybridized carbons (Fsp3) is 0.571. The van der Waals surface area contributed by atoms with Gasteiger partial charge in [-0.05, 0) is 32.4 Å². The molecule has 0 radical (unpaired) electrons. The SMILES string of the molecule is CC(C)(C)OC(=O)NCC(=O)N1CCC(OC(=O)N2Cc3ccc4c(c3C2)OCO4)C1. The van der Waals surface area contributed by atoms with E-state index in [2.05, 4.69) is 5.32 Å². The molecule has 3 amide bonds. The molecule has 31 heavy (non-hydrogen) atoms. The van der Waals surface area contributed by atoms with Gasteiger partial charge >= 0.3 is 12.2 Å². The Hall–Kier alpha value is -3.17. The van der Waals surface area contributed by atoms with Crippen LogP contribution in [0.1, 0.15) is 38.3 Å². The Bertz CT molecular complexity index is 896. The van der Waals surface area contributed by atoms with E-state index in [1.54, 1.807) is 30.6 Å². The molecule has 0 spiro atoms. The van der Waals surface area contributed by atoms with Gasteiger partial charge in [0.2, 0.25) is 12.7 Å². The van der Waals surface area contributed by atoms with Gasteiger partial charge in [-0.25, -0.2) is 9.59 Å². The van der Waals surface area contributed by atoms with Gasteiger partial charge < -0.3 is 29.2 Å². The van der Waals surface area contributed by atoms with Crippen LogP contribution in [0.4, 0.5) is 9.59 Å². The minimum Gasteiger partial charge on any atom is -0.454 e. The number of benzene rings is 1. The monoisotopic (exact) mass is 433 g/mol. The third kappa shape index (κ3) is 4.78. The molecule has 3 aliphatic rings. The number of amides is 3. The van der Waals surface area contributed by atoms with E-state index in [1.165, 1.54) is 0 Å². The molecule has 0 aromatic heterocycles. The van der Waals surface area contributed by atoms with E-state index in [4.69, 9.17) is 18.9 Å². The van der Waals surface area contributed by atoms with Crippen molar-refractivity contribution in [2.45, 2.75) is 52.0 Å². The van der Waals surface area contributed by atoms with E-state index < -0.39 is 17.8 Å². The number of hydrogen-bond acceptors (Lipinski definition) is 7. The summed E-state index contributed by atoms with van der Waals surface area (Å²) in [4.78, 5) is 39.9.